The van der Waals surface area contributed by atoms with E-state index in [9.17, 15) is 0 Å². The van der Waals surface area contributed by atoms with Crippen LogP contribution < -0.4 is 4.74 Å². The van der Waals surface area contributed by atoms with Gasteiger partial charge in [0.05, 0.1) is 6.61 Å². The maximum absolute atomic E-state index is 6.01. The monoisotopic (exact) mass is 357 g/mol. The summed E-state index contributed by atoms with van der Waals surface area (Å²) in [6.07, 6.45) is 6.37. The number of rotatable bonds is 5. The van der Waals surface area contributed by atoms with E-state index in [1.54, 1.807) is 0 Å². The lowest BCUT2D eigenvalue weighted by Gasteiger charge is -2.28. The zero-order valence-electron chi connectivity index (χ0n) is 11.7. The summed E-state index contributed by atoms with van der Waals surface area (Å²) in [4.78, 5) is 2.55. The molecule has 0 N–H and O–H groups in total. The molecule has 0 atom stereocenters. The number of hydrogen-bond donors (Lipinski definition) is 0. The van der Waals surface area contributed by atoms with Crippen LogP contribution in [0, 0.1) is 0 Å². The molecule has 20 heavy (non-hydrogen) atoms. The molecule has 1 aromatic carbocycles. The van der Waals surface area contributed by atoms with E-state index in [1.165, 1.54) is 36.8 Å². The highest BCUT2D eigenvalue weighted by Crippen LogP contribution is 2.35. The van der Waals surface area contributed by atoms with Gasteiger partial charge in [-0.2, -0.15) is 0 Å². The molecule has 0 unspecified atom stereocenters. The van der Waals surface area contributed by atoms with Crippen LogP contribution in [0.3, 0.4) is 0 Å². The van der Waals surface area contributed by atoms with Crippen LogP contribution in [0.1, 0.15) is 36.8 Å². The van der Waals surface area contributed by atoms with Crippen LogP contribution in [0.2, 0.25) is 0 Å². The van der Waals surface area contributed by atoms with Gasteiger partial charge in [0.1, 0.15) is 5.75 Å². The standard InChI is InChI=1S/C16H21BrClNO/c17-14-9-12-5-8-20-16(12)13(10-14)11-19(7-6-18)15-3-1-2-4-15/h9-10,15H,1-8,11H2. The Kier molecular flexibility index (Phi) is 4.90. The molecule has 2 nitrogen and oxygen atoms in total. The number of halogens is 2. The van der Waals surface area contributed by atoms with Crippen LogP contribution in [0.25, 0.3) is 0 Å². The smallest absolute Gasteiger partial charge is 0.127 e. The van der Waals surface area contributed by atoms with Crippen molar-refractivity contribution in [3.8, 4) is 5.75 Å². The van der Waals surface area contributed by atoms with E-state index in [0.717, 1.165) is 36.3 Å². The van der Waals surface area contributed by atoms with Crippen molar-refractivity contribution in [2.24, 2.45) is 0 Å². The van der Waals surface area contributed by atoms with Crippen LogP contribution in [0.15, 0.2) is 16.6 Å². The molecular weight excluding hydrogens is 338 g/mol. The first-order valence-corrected chi connectivity index (χ1v) is 8.85. The van der Waals surface area contributed by atoms with Gasteiger partial charge < -0.3 is 4.74 Å². The summed E-state index contributed by atoms with van der Waals surface area (Å²) in [6.45, 7) is 2.74. The summed E-state index contributed by atoms with van der Waals surface area (Å²) >= 11 is 9.64. The summed E-state index contributed by atoms with van der Waals surface area (Å²) in [5.41, 5.74) is 2.65. The third kappa shape index (κ3) is 3.15. The molecule has 4 heteroatoms. The first-order chi connectivity index (χ1) is 9.78. The molecule has 0 amide bonds. The van der Waals surface area contributed by atoms with E-state index in [4.69, 9.17) is 16.3 Å². The average Bonchev–Trinajstić information content (AvgIpc) is 3.08. The van der Waals surface area contributed by atoms with Gasteiger partial charge in [-0.25, -0.2) is 0 Å². The fourth-order valence-electron chi connectivity index (χ4n) is 3.45. The van der Waals surface area contributed by atoms with Crippen LogP contribution >= 0.6 is 27.5 Å². The first-order valence-electron chi connectivity index (χ1n) is 7.52. The lowest BCUT2D eigenvalue weighted by molar-refractivity contribution is 0.199. The maximum Gasteiger partial charge on any atom is 0.127 e. The molecule has 0 bridgehead atoms. The van der Waals surface area contributed by atoms with Gasteiger partial charge in [-0.1, -0.05) is 28.8 Å². The Hall–Kier alpha value is -0.250. The lowest BCUT2D eigenvalue weighted by atomic mass is 10.1. The predicted octanol–water partition coefficient (Wildman–Crippen LogP) is 4.37. The van der Waals surface area contributed by atoms with Gasteiger partial charge in [0.2, 0.25) is 0 Å². The van der Waals surface area contributed by atoms with E-state index in [2.05, 4.69) is 33.0 Å². The highest BCUT2D eigenvalue weighted by molar-refractivity contribution is 9.10. The van der Waals surface area contributed by atoms with Crippen LogP contribution in [0.4, 0.5) is 0 Å². The molecule has 0 aromatic heterocycles. The van der Waals surface area contributed by atoms with Crippen LogP contribution in [-0.2, 0) is 13.0 Å². The quantitative estimate of drug-likeness (QED) is 0.725. The Morgan fingerprint density at radius 3 is 2.85 bits per heavy atom. The number of nitrogens with zero attached hydrogens (tertiary/aromatic N) is 1. The molecule has 1 fully saturated rings. The van der Waals surface area contributed by atoms with Crippen molar-refractivity contribution in [1.82, 2.24) is 4.90 Å². The van der Waals surface area contributed by atoms with Gasteiger partial charge in [-0.3, -0.25) is 4.90 Å². The fourth-order valence-corrected chi connectivity index (χ4v) is 4.22. The van der Waals surface area contributed by atoms with Gasteiger partial charge in [0.25, 0.3) is 0 Å². The summed E-state index contributed by atoms with van der Waals surface area (Å²) in [7, 11) is 0. The van der Waals surface area contributed by atoms with Crippen molar-refractivity contribution in [2.45, 2.75) is 44.7 Å². The van der Waals surface area contributed by atoms with Crippen molar-refractivity contribution < 1.29 is 4.74 Å². The van der Waals surface area contributed by atoms with Gasteiger partial charge in [0, 0.05) is 41.5 Å². The van der Waals surface area contributed by atoms with Gasteiger partial charge in [-0.05, 0) is 30.5 Å². The highest BCUT2D eigenvalue weighted by Gasteiger charge is 2.25. The Morgan fingerprint density at radius 2 is 2.10 bits per heavy atom. The van der Waals surface area contributed by atoms with E-state index in [1.807, 2.05) is 0 Å². The molecule has 1 heterocycles. The molecule has 1 aliphatic heterocycles. The molecule has 1 saturated carbocycles. The fraction of sp³-hybridized carbons (Fsp3) is 0.625. The molecule has 0 spiro atoms. The minimum absolute atomic E-state index is 0.699. The van der Waals surface area contributed by atoms with Crippen LogP contribution in [0.5, 0.6) is 5.75 Å². The van der Waals surface area contributed by atoms with Gasteiger partial charge >= 0.3 is 0 Å². The van der Waals surface area contributed by atoms with E-state index in [0.29, 0.717) is 11.9 Å². The Bertz CT molecular complexity index is 474. The molecule has 110 valence electrons. The molecular formula is C16H21BrClNO. The second-order valence-corrected chi connectivity index (χ2v) is 7.04. The second-order valence-electron chi connectivity index (χ2n) is 5.75. The van der Waals surface area contributed by atoms with Gasteiger partial charge in [0.15, 0.2) is 0 Å². The molecule has 1 aromatic rings. The molecule has 3 rings (SSSR count). The third-order valence-corrected chi connectivity index (χ3v) is 5.04. The largest absolute Gasteiger partial charge is 0.493 e. The predicted molar refractivity (Wildman–Crippen MR) is 86.7 cm³/mol. The normalized spacial score (nSPS) is 18.6. The van der Waals surface area contributed by atoms with E-state index in [-0.39, 0.29) is 0 Å². The molecule has 0 saturated heterocycles. The molecule has 1 aliphatic carbocycles. The Balaban J connectivity index is 1.81. The van der Waals surface area contributed by atoms with Gasteiger partial charge in [-0.15, -0.1) is 11.6 Å². The number of alkyl halides is 1. The zero-order valence-corrected chi connectivity index (χ0v) is 14.0. The molecule has 2 aliphatic rings. The minimum Gasteiger partial charge on any atom is -0.493 e. The summed E-state index contributed by atoms with van der Waals surface area (Å²) < 4.78 is 7.01. The first kappa shape index (κ1) is 14.7. The number of benzene rings is 1. The molecule has 0 radical (unpaired) electrons. The van der Waals surface area contributed by atoms with Crippen molar-refractivity contribution in [3.63, 3.8) is 0 Å². The number of fused-ring (bicyclic) bond motifs is 1. The zero-order chi connectivity index (χ0) is 13.9. The number of hydrogen-bond acceptors (Lipinski definition) is 2. The Morgan fingerprint density at radius 1 is 1.30 bits per heavy atom. The summed E-state index contributed by atoms with van der Waals surface area (Å²) in [5.74, 6) is 1.82. The van der Waals surface area contributed by atoms with Crippen molar-refractivity contribution in [3.05, 3.63) is 27.7 Å². The van der Waals surface area contributed by atoms with Crippen molar-refractivity contribution >= 4 is 27.5 Å². The van der Waals surface area contributed by atoms with E-state index >= 15 is 0 Å². The SMILES string of the molecule is ClCCN(Cc1cc(Br)cc2c1OCC2)C1CCCC1. The van der Waals surface area contributed by atoms with Crippen molar-refractivity contribution in [1.29, 1.82) is 0 Å². The highest BCUT2D eigenvalue weighted by atomic mass is 79.9. The summed E-state index contributed by atoms with van der Waals surface area (Å²) in [6, 6.07) is 5.10. The maximum atomic E-state index is 6.01. The topological polar surface area (TPSA) is 12.5 Å². The minimum atomic E-state index is 0.699. The van der Waals surface area contributed by atoms with E-state index < -0.39 is 0 Å². The number of ether oxygens (including phenoxy) is 1. The van der Waals surface area contributed by atoms with Crippen LogP contribution in [-0.4, -0.2) is 30.0 Å². The van der Waals surface area contributed by atoms with Crippen molar-refractivity contribution in [2.75, 3.05) is 19.0 Å². The third-order valence-electron chi connectivity index (χ3n) is 4.41. The Labute approximate surface area is 134 Å². The second kappa shape index (κ2) is 6.67. The summed E-state index contributed by atoms with van der Waals surface area (Å²) in [5, 5.41) is 0. The lowest BCUT2D eigenvalue weighted by Crippen LogP contribution is -2.34. The average molecular weight is 359 g/mol.